The van der Waals surface area contributed by atoms with Crippen LogP contribution in [0, 0.1) is 0 Å². The summed E-state index contributed by atoms with van der Waals surface area (Å²) in [5.74, 6) is -0.140. The van der Waals surface area contributed by atoms with Crippen LogP contribution >= 0.6 is 11.8 Å². The van der Waals surface area contributed by atoms with Crippen molar-refractivity contribution in [2.75, 3.05) is 13.7 Å². The van der Waals surface area contributed by atoms with E-state index in [0.29, 0.717) is 16.5 Å². The molecule has 5 nitrogen and oxygen atoms in total. The number of ether oxygens (including phenoxy) is 1. The molecule has 24 heavy (non-hydrogen) atoms. The Morgan fingerprint density at radius 2 is 2.12 bits per heavy atom. The summed E-state index contributed by atoms with van der Waals surface area (Å²) < 4.78 is 5.22. The summed E-state index contributed by atoms with van der Waals surface area (Å²) in [5.41, 5.74) is 1.91. The number of nitrogens with zero attached hydrogens (tertiary/aromatic N) is 2. The topological polar surface area (TPSA) is 62.1 Å². The number of hydrogen-bond donors (Lipinski definition) is 1. The van der Waals surface area contributed by atoms with E-state index in [2.05, 4.69) is 16.8 Å². The van der Waals surface area contributed by atoms with E-state index < -0.39 is 5.97 Å². The van der Waals surface area contributed by atoms with Crippen LogP contribution in [0.1, 0.15) is 38.3 Å². The largest absolute Gasteiger partial charge is 0.497 e. The SMILES string of the molecule is CCC1CCN2C(=NC(C)=C(C(=O)O)C2c2ccc(OC)cc2)S1. The molecular weight excluding hydrogens is 324 g/mol. The lowest BCUT2D eigenvalue weighted by molar-refractivity contribution is -0.133. The van der Waals surface area contributed by atoms with Gasteiger partial charge in [-0.2, -0.15) is 0 Å². The van der Waals surface area contributed by atoms with Gasteiger partial charge in [-0.3, -0.25) is 0 Å². The van der Waals surface area contributed by atoms with Crippen LogP contribution in [0.15, 0.2) is 40.5 Å². The minimum absolute atomic E-state index is 0.300. The van der Waals surface area contributed by atoms with Crippen molar-refractivity contribution in [1.82, 2.24) is 4.90 Å². The highest BCUT2D eigenvalue weighted by Gasteiger charge is 2.38. The van der Waals surface area contributed by atoms with Gasteiger partial charge < -0.3 is 14.7 Å². The number of carboxylic acid groups (broad SMARTS) is 1. The molecular formula is C18H22N2O3S. The Hall–Kier alpha value is -1.95. The molecule has 6 heteroatoms. The van der Waals surface area contributed by atoms with E-state index >= 15 is 0 Å². The Morgan fingerprint density at radius 1 is 1.42 bits per heavy atom. The molecule has 0 radical (unpaired) electrons. The fourth-order valence-electron chi connectivity index (χ4n) is 3.23. The standard InChI is InChI=1S/C18H22N2O3S/c1-4-14-9-10-20-16(12-5-7-13(23-3)8-6-12)15(17(21)22)11(2)19-18(20)24-14/h5-8,14,16H,4,9-10H2,1-3H3,(H,21,22). The summed E-state index contributed by atoms with van der Waals surface area (Å²) in [6.45, 7) is 4.80. The van der Waals surface area contributed by atoms with Gasteiger partial charge in [0, 0.05) is 11.8 Å². The summed E-state index contributed by atoms with van der Waals surface area (Å²) >= 11 is 1.76. The average Bonchev–Trinajstić information content (AvgIpc) is 2.59. The summed E-state index contributed by atoms with van der Waals surface area (Å²) in [6, 6.07) is 7.34. The molecule has 0 aliphatic carbocycles. The summed E-state index contributed by atoms with van der Waals surface area (Å²) in [5, 5.41) is 11.2. The molecule has 0 amide bonds. The Morgan fingerprint density at radius 3 is 2.71 bits per heavy atom. The first-order valence-corrected chi connectivity index (χ1v) is 9.03. The highest BCUT2D eigenvalue weighted by Crippen LogP contribution is 2.41. The van der Waals surface area contributed by atoms with Gasteiger partial charge in [0.15, 0.2) is 5.17 Å². The lowest BCUT2D eigenvalue weighted by Crippen LogP contribution is -2.43. The number of thioether (sulfide) groups is 1. The second kappa shape index (κ2) is 6.89. The van der Waals surface area contributed by atoms with E-state index in [-0.39, 0.29) is 6.04 Å². The van der Waals surface area contributed by atoms with Crippen molar-refractivity contribution in [1.29, 1.82) is 0 Å². The Kier molecular flexibility index (Phi) is 4.85. The molecule has 1 N–H and O–H groups in total. The smallest absolute Gasteiger partial charge is 0.335 e. The minimum Gasteiger partial charge on any atom is -0.497 e. The number of rotatable bonds is 4. The Balaban J connectivity index is 2.04. The zero-order chi connectivity index (χ0) is 17.3. The van der Waals surface area contributed by atoms with E-state index in [9.17, 15) is 9.90 Å². The molecule has 0 spiro atoms. The number of methoxy groups -OCH3 is 1. The van der Waals surface area contributed by atoms with Crippen molar-refractivity contribution < 1.29 is 14.6 Å². The monoisotopic (exact) mass is 346 g/mol. The third-order valence-corrected chi connectivity index (χ3v) is 6.00. The number of fused-ring (bicyclic) bond motifs is 1. The maximum absolute atomic E-state index is 11.9. The average molecular weight is 346 g/mol. The zero-order valence-corrected chi connectivity index (χ0v) is 15.0. The van der Waals surface area contributed by atoms with E-state index in [4.69, 9.17) is 4.74 Å². The summed E-state index contributed by atoms with van der Waals surface area (Å²) in [4.78, 5) is 18.6. The fourth-order valence-corrected chi connectivity index (χ4v) is 4.44. The highest BCUT2D eigenvalue weighted by atomic mass is 32.2. The first kappa shape index (κ1) is 16.9. The predicted molar refractivity (Wildman–Crippen MR) is 96.5 cm³/mol. The van der Waals surface area contributed by atoms with Crippen molar-refractivity contribution in [3.8, 4) is 5.75 Å². The van der Waals surface area contributed by atoms with E-state index in [1.807, 2.05) is 24.3 Å². The normalized spacial score (nSPS) is 23.6. The molecule has 1 aromatic rings. The fraction of sp³-hybridized carbons (Fsp3) is 0.444. The van der Waals surface area contributed by atoms with Crippen molar-refractivity contribution in [3.05, 3.63) is 41.1 Å². The van der Waals surface area contributed by atoms with Crippen LogP contribution in [0.4, 0.5) is 0 Å². The maximum Gasteiger partial charge on any atom is 0.335 e. The lowest BCUT2D eigenvalue weighted by Gasteiger charge is -2.42. The van der Waals surface area contributed by atoms with Crippen LogP contribution < -0.4 is 4.74 Å². The minimum atomic E-state index is -0.904. The quantitative estimate of drug-likeness (QED) is 0.901. The number of hydrogen-bond acceptors (Lipinski definition) is 5. The van der Waals surface area contributed by atoms with Gasteiger partial charge in [-0.05, 0) is 37.5 Å². The molecule has 128 valence electrons. The Labute approximate surface area is 146 Å². The molecule has 2 aliphatic heterocycles. The first-order valence-electron chi connectivity index (χ1n) is 8.15. The van der Waals surface area contributed by atoms with Gasteiger partial charge >= 0.3 is 5.97 Å². The van der Waals surface area contributed by atoms with E-state index in [0.717, 1.165) is 35.9 Å². The van der Waals surface area contributed by atoms with Crippen molar-refractivity contribution in [2.24, 2.45) is 4.99 Å². The molecule has 2 unspecified atom stereocenters. The Bertz CT molecular complexity index is 697. The van der Waals surface area contributed by atoms with E-state index in [1.54, 1.807) is 25.8 Å². The highest BCUT2D eigenvalue weighted by molar-refractivity contribution is 8.14. The number of amidine groups is 1. The van der Waals surface area contributed by atoms with Gasteiger partial charge in [-0.25, -0.2) is 9.79 Å². The third-order valence-electron chi connectivity index (χ3n) is 4.57. The number of benzene rings is 1. The molecule has 1 aromatic carbocycles. The summed E-state index contributed by atoms with van der Waals surface area (Å²) in [6.07, 6.45) is 2.14. The number of carboxylic acids is 1. The van der Waals surface area contributed by atoms with Gasteiger partial charge in [-0.15, -0.1) is 0 Å². The van der Waals surface area contributed by atoms with Crippen LogP contribution in [0.3, 0.4) is 0 Å². The molecule has 0 bridgehead atoms. The molecule has 1 fully saturated rings. The molecule has 0 saturated carbocycles. The molecule has 3 rings (SSSR count). The number of aliphatic carboxylic acids is 1. The van der Waals surface area contributed by atoms with Gasteiger partial charge in [0.2, 0.25) is 0 Å². The van der Waals surface area contributed by atoms with Crippen LogP contribution in [0.2, 0.25) is 0 Å². The lowest BCUT2D eigenvalue weighted by atomic mass is 9.94. The third kappa shape index (κ3) is 3.02. The van der Waals surface area contributed by atoms with Crippen molar-refractivity contribution in [2.45, 2.75) is 38.0 Å². The summed E-state index contributed by atoms with van der Waals surface area (Å²) in [7, 11) is 1.62. The molecule has 2 heterocycles. The van der Waals surface area contributed by atoms with Crippen molar-refractivity contribution >= 4 is 22.9 Å². The number of allylic oxidation sites excluding steroid dienone is 1. The van der Waals surface area contributed by atoms with Gasteiger partial charge in [0.25, 0.3) is 0 Å². The van der Waals surface area contributed by atoms with Gasteiger partial charge in [0.1, 0.15) is 5.75 Å². The zero-order valence-electron chi connectivity index (χ0n) is 14.2. The number of carbonyl (C=O) groups is 1. The van der Waals surface area contributed by atoms with Gasteiger partial charge in [-0.1, -0.05) is 30.8 Å². The van der Waals surface area contributed by atoms with E-state index in [1.165, 1.54) is 0 Å². The second-order valence-corrected chi connectivity index (χ2v) is 7.27. The van der Waals surface area contributed by atoms with Crippen LogP contribution in [0.25, 0.3) is 0 Å². The molecule has 0 aromatic heterocycles. The molecule has 2 aliphatic rings. The van der Waals surface area contributed by atoms with Crippen molar-refractivity contribution in [3.63, 3.8) is 0 Å². The van der Waals surface area contributed by atoms with Crippen LogP contribution in [-0.4, -0.2) is 40.0 Å². The van der Waals surface area contributed by atoms with Gasteiger partial charge in [0.05, 0.1) is 24.4 Å². The molecule has 2 atom stereocenters. The number of aliphatic imine (C=N–C) groups is 1. The predicted octanol–water partition coefficient (Wildman–Crippen LogP) is 3.68. The molecule has 1 saturated heterocycles. The van der Waals surface area contributed by atoms with Crippen LogP contribution in [-0.2, 0) is 4.79 Å². The first-order chi connectivity index (χ1) is 11.5. The van der Waals surface area contributed by atoms with Crippen LogP contribution in [0.5, 0.6) is 5.75 Å². The second-order valence-electron chi connectivity index (χ2n) is 6.00. The maximum atomic E-state index is 11.9.